The second-order valence-corrected chi connectivity index (χ2v) is 13.8. The highest BCUT2D eigenvalue weighted by Crippen LogP contribution is 2.35. The zero-order chi connectivity index (χ0) is 27.2. The molecule has 3 aromatic carbocycles. The van der Waals surface area contributed by atoms with Gasteiger partial charge in [0.25, 0.3) is 0 Å². The van der Waals surface area contributed by atoms with Gasteiger partial charge in [-0.2, -0.15) is 4.31 Å². The molecule has 0 spiro atoms. The van der Waals surface area contributed by atoms with Gasteiger partial charge in [-0.05, 0) is 92.9 Å². The second-order valence-electron chi connectivity index (χ2n) is 11.4. The van der Waals surface area contributed by atoms with Crippen LogP contribution in [0.2, 0.25) is 5.02 Å². The Bertz CT molecular complexity index is 1280. The molecule has 2 heterocycles. The van der Waals surface area contributed by atoms with Gasteiger partial charge in [0.2, 0.25) is 10.0 Å². The van der Waals surface area contributed by atoms with Gasteiger partial charge in [0.15, 0.2) is 0 Å². The average Bonchev–Trinajstić information content (AvgIpc) is 2.96. The summed E-state index contributed by atoms with van der Waals surface area (Å²) >= 11 is 5.94. The van der Waals surface area contributed by atoms with E-state index in [2.05, 4.69) is 66.4 Å². The van der Waals surface area contributed by atoms with Crippen LogP contribution in [0.4, 0.5) is 0 Å². The maximum absolute atomic E-state index is 13.0. The van der Waals surface area contributed by atoms with E-state index in [1.807, 2.05) is 0 Å². The van der Waals surface area contributed by atoms with E-state index in [9.17, 15) is 8.42 Å². The van der Waals surface area contributed by atoms with E-state index in [1.165, 1.54) is 48.8 Å². The van der Waals surface area contributed by atoms with Crippen LogP contribution in [0.1, 0.15) is 67.7 Å². The fourth-order valence-corrected chi connectivity index (χ4v) is 7.98. The Labute approximate surface area is 240 Å². The van der Waals surface area contributed by atoms with Gasteiger partial charge in [-0.1, -0.05) is 91.0 Å². The lowest BCUT2D eigenvalue weighted by atomic mass is 9.86. The molecule has 208 valence electrons. The zero-order valence-electron chi connectivity index (χ0n) is 23.0. The largest absolute Gasteiger partial charge is 0.292 e. The SMILES string of the molecule is Cc1ccc(C(c2ccccc2)N2CCC(CCCC3CCN(S(=O)(=O)c4ccc(Cl)cc4)CC3)CC2)cc1. The number of rotatable bonds is 9. The van der Waals surface area contributed by atoms with Crippen LogP contribution in [0.15, 0.2) is 83.8 Å². The van der Waals surface area contributed by atoms with E-state index in [0.29, 0.717) is 35.0 Å². The molecule has 0 aliphatic carbocycles. The van der Waals surface area contributed by atoms with Crippen LogP contribution < -0.4 is 0 Å². The van der Waals surface area contributed by atoms with E-state index in [0.717, 1.165) is 31.8 Å². The van der Waals surface area contributed by atoms with Crippen molar-refractivity contribution in [3.63, 3.8) is 0 Å². The van der Waals surface area contributed by atoms with Gasteiger partial charge < -0.3 is 0 Å². The minimum Gasteiger partial charge on any atom is -0.292 e. The number of hydrogen-bond acceptors (Lipinski definition) is 3. The monoisotopic (exact) mass is 564 g/mol. The van der Waals surface area contributed by atoms with Crippen LogP contribution in [0.25, 0.3) is 0 Å². The maximum Gasteiger partial charge on any atom is 0.243 e. The predicted octanol–water partition coefficient (Wildman–Crippen LogP) is 7.72. The number of hydrogen-bond donors (Lipinski definition) is 0. The number of benzene rings is 3. The van der Waals surface area contributed by atoms with Gasteiger partial charge in [0.05, 0.1) is 10.9 Å². The Hall–Kier alpha value is -2.18. The Balaban J connectivity index is 1.08. The first kappa shape index (κ1) is 28.4. The van der Waals surface area contributed by atoms with E-state index in [4.69, 9.17) is 11.6 Å². The summed E-state index contributed by atoms with van der Waals surface area (Å²) < 4.78 is 27.6. The summed E-state index contributed by atoms with van der Waals surface area (Å²) in [4.78, 5) is 3.02. The van der Waals surface area contributed by atoms with Crippen molar-refractivity contribution in [2.45, 2.75) is 62.8 Å². The first-order valence-corrected chi connectivity index (χ1v) is 16.3. The highest BCUT2D eigenvalue weighted by Gasteiger charge is 2.30. The molecule has 0 bridgehead atoms. The molecule has 1 atom stereocenters. The molecule has 2 saturated heterocycles. The number of sulfonamides is 1. The van der Waals surface area contributed by atoms with Gasteiger partial charge in [0, 0.05) is 18.1 Å². The van der Waals surface area contributed by atoms with Crippen molar-refractivity contribution in [2.24, 2.45) is 11.8 Å². The molecule has 2 aliphatic rings. The van der Waals surface area contributed by atoms with Crippen LogP contribution in [-0.4, -0.2) is 43.8 Å². The lowest BCUT2D eigenvalue weighted by Crippen LogP contribution is -2.38. The highest BCUT2D eigenvalue weighted by atomic mass is 35.5. The Kier molecular flexibility index (Phi) is 9.44. The van der Waals surface area contributed by atoms with Crippen molar-refractivity contribution in [3.8, 4) is 0 Å². The minimum absolute atomic E-state index is 0.321. The van der Waals surface area contributed by atoms with Crippen molar-refractivity contribution < 1.29 is 8.42 Å². The van der Waals surface area contributed by atoms with Crippen molar-refractivity contribution in [1.29, 1.82) is 0 Å². The minimum atomic E-state index is -3.42. The van der Waals surface area contributed by atoms with Gasteiger partial charge in [-0.15, -0.1) is 0 Å². The lowest BCUT2D eigenvalue weighted by Gasteiger charge is -2.38. The van der Waals surface area contributed by atoms with Gasteiger partial charge in [0.1, 0.15) is 0 Å². The van der Waals surface area contributed by atoms with E-state index >= 15 is 0 Å². The lowest BCUT2D eigenvalue weighted by molar-refractivity contribution is 0.144. The molecule has 0 N–H and O–H groups in total. The molecular formula is C33H41ClN2O2S. The van der Waals surface area contributed by atoms with Gasteiger partial charge >= 0.3 is 0 Å². The third-order valence-corrected chi connectivity index (χ3v) is 10.9. The summed E-state index contributed by atoms with van der Waals surface area (Å²) in [5.41, 5.74) is 4.07. The third-order valence-electron chi connectivity index (χ3n) is 8.77. The molecule has 5 rings (SSSR count). The second kappa shape index (κ2) is 13.0. The van der Waals surface area contributed by atoms with Crippen LogP contribution in [0.3, 0.4) is 0 Å². The van der Waals surface area contributed by atoms with Crippen molar-refractivity contribution in [2.75, 3.05) is 26.2 Å². The number of nitrogens with zero attached hydrogens (tertiary/aromatic N) is 2. The molecule has 2 aliphatic heterocycles. The Morgan fingerprint density at radius 3 is 1.87 bits per heavy atom. The molecule has 0 saturated carbocycles. The quantitative estimate of drug-likeness (QED) is 0.267. The summed E-state index contributed by atoms with van der Waals surface area (Å²) in [5, 5.41) is 0.556. The first-order chi connectivity index (χ1) is 18.9. The van der Waals surface area contributed by atoms with E-state index in [1.54, 1.807) is 28.6 Å². The summed E-state index contributed by atoms with van der Waals surface area (Å²) in [6, 6.07) is 26.8. The molecule has 6 heteroatoms. The summed E-state index contributed by atoms with van der Waals surface area (Å²) in [5.74, 6) is 1.42. The standard InChI is InChI=1S/C33H41ClN2O2S/c1-26-10-12-30(13-11-26)33(29-8-3-2-4-9-29)35-22-18-27(19-23-35)6-5-7-28-20-24-36(25-21-28)39(37,38)32-16-14-31(34)15-17-32/h2-4,8-17,27-28,33H,5-7,18-25H2,1H3. The number of piperidine rings is 2. The Morgan fingerprint density at radius 1 is 0.744 bits per heavy atom. The molecule has 0 radical (unpaired) electrons. The fourth-order valence-electron chi connectivity index (χ4n) is 6.39. The predicted molar refractivity (Wildman–Crippen MR) is 161 cm³/mol. The summed E-state index contributed by atoms with van der Waals surface area (Å²) in [6.45, 7) is 5.67. The van der Waals surface area contributed by atoms with Gasteiger partial charge in [-0.3, -0.25) is 4.90 Å². The molecule has 3 aromatic rings. The zero-order valence-corrected chi connectivity index (χ0v) is 24.6. The molecular weight excluding hydrogens is 524 g/mol. The van der Waals surface area contributed by atoms with Crippen LogP contribution in [0.5, 0.6) is 0 Å². The van der Waals surface area contributed by atoms with Crippen LogP contribution >= 0.6 is 11.6 Å². The third kappa shape index (κ3) is 7.13. The van der Waals surface area contributed by atoms with Gasteiger partial charge in [-0.25, -0.2) is 8.42 Å². The first-order valence-electron chi connectivity index (χ1n) is 14.5. The molecule has 0 amide bonds. The number of aryl methyl sites for hydroxylation is 1. The van der Waals surface area contributed by atoms with Crippen LogP contribution in [0, 0.1) is 18.8 Å². The number of halogens is 1. The van der Waals surface area contributed by atoms with Crippen molar-refractivity contribution in [1.82, 2.24) is 9.21 Å². The molecule has 2 fully saturated rings. The molecule has 39 heavy (non-hydrogen) atoms. The summed E-state index contributed by atoms with van der Waals surface area (Å²) in [7, 11) is -3.42. The highest BCUT2D eigenvalue weighted by molar-refractivity contribution is 7.89. The Morgan fingerprint density at radius 2 is 1.28 bits per heavy atom. The summed E-state index contributed by atoms with van der Waals surface area (Å²) in [6.07, 6.45) is 8.18. The normalized spacial score (nSPS) is 19.2. The molecule has 1 unspecified atom stereocenters. The van der Waals surface area contributed by atoms with Crippen LogP contribution in [-0.2, 0) is 10.0 Å². The van der Waals surface area contributed by atoms with Crippen molar-refractivity contribution in [3.05, 3.63) is 101 Å². The number of likely N-dealkylation sites (tertiary alicyclic amines) is 1. The van der Waals surface area contributed by atoms with Crippen molar-refractivity contribution >= 4 is 21.6 Å². The van der Waals surface area contributed by atoms with E-state index in [-0.39, 0.29) is 0 Å². The topological polar surface area (TPSA) is 40.6 Å². The molecule has 4 nitrogen and oxygen atoms in total. The smallest absolute Gasteiger partial charge is 0.243 e. The average molecular weight is 565 g/mol. The maximum atomic E-state index is 13.0. The molecule has 0 aromatic heterocycles. The fraction of sp³-hybridized carbons (Fsp3) is 0.455. The van der Waals surface area contributed by atoms with E-state index < -0.39 is 10.0 Å².